The van der Waals surface area contributed by atoms with E-state index in [4.69, 9.17) is 0 Å². The van der Waals surface area contributed by atoms with Crippen LogP contribution in [0.2, 0.25) is 0 Å². The summed E-state index contributed by atoms with van der Waals surface area (Å²) in [7, 11) is -3.14. The van der Waals surface area contributed by atoms with Crippen molar-refractivity contribution >= 4 is 21.4 Å². The van der Waals surface area contributed by atoms with Gasteiger partial charge in [0.2, 0.25) is 10.0 Å². The van der Waals surface area contributed by atoms with Crippen LogP contribution < -0.4 is 4.72 Å². The number of aromatic nitrogens is 2. The van der Waals surface area contributed by atoms with E-state index < -0.39 is 10.0 Å². The highest BCUT2D eigenvalue weighted by Crippen LogP contribution is 2.26. The van der Waals surface area contributed by atoms with Gasteiger partial charge in [0.1, 0.15) is 0 Å². The van der Waals surface area contributed by atoms with Gasteiger partial charge in [-0.2, -0.15) is 0 Å². The molecule has 0 radical (unpaired) electrons. The molecule has 0 bridgehead atoms. The van der Waals surface area contributed by atoms with Crippen molar-refractivity contribution < 1.29 is 8.42 Å². The minimum Gasteiger partial charge on any atom is -0.329 e. The number of hydrogen-bond donors (Lipinski definition) is 1. The van der Waals surface area contributed by atoms with Crippen LogP contribution in [0.25, 0.3) is 0 Å². The molecule has 0 aromatic carbocycles. The first-order chi connectivity index (χ1) is 10.9. The zero-order chi connectivity index (χ0) is 16.4. The maximum Gasteiger partial charge on any atom is 0.208 e. The molecule has 8 heteroatoms. The van der Waals surface area contributed by atoms with Crippen molar-refractivity contribution in [1.82, 2.24) is 19.2 Å². The van der Waals surface area contributed by atoms with E-state index in [1.807, 2.05) is 12.5 Å². The number of sulfonamides is 1. The third kappa shape index (κ3) is 4.20. The van der Waals surface area contributed by atoms with E-state index in [-0.39, 0.29) is 6.04 Å². The molecule has 1 atom stereocenters. The van der Waals surface area contributed by atoms with Crippen LogP contribution in [0.3, 0.4) is 0 Å². The van der Waals surface area contributed by atoms with Crippen molar-refractivity contribution in [2.24, 2.45) is 0 Å². The monoisotopic (exact) mass is 354 g/mol. The Morgan fingerprint density at radius 3 is 3.00 bits per heavy atom. The van der Waals surface area contributed by atoms with E-state index in [1.165, 1.54) is 22.4 Å². The molecule has 0 fully saturated rings. The Labute approximate surface area is 141 Å². The van der Waals surface area contributed by atoms with Crippen LogP contribution in [0.15, 0.2) is 24.0 Å². The number of rotatable bonds is 6. The van der Waals surface area contributed by atoms with Gasteiger partial charge in [-0.15, -0.1) is 11.3 Å². The molecule has 0 spiro atoms. The van der Waals surface area contributed by atoms with Crippen LogP contribution in [-0.4, -0.2) is 42.2 Å². The Morgan fingerprint density at radius 1 is 1.48 bits per heavy atom. The third-order valence-electron chi connectivity index (χ3n) is 4.17. The number of aryl methyl sites for hydroxylation is 1. The lowest BCUT2D eigenvalue weighted by Crippen LogP contribution is -2.38. The first-order valence-electron chi connectivity index (χ1n) is 7.63. The largest absolute Gasteiger partial charge is 0.329 e. The van der Waals surface area contributed by atoms with Crippen molar-refractivity contribution in [1.29, 1.82) is 0 Å². The van der Waals surface area contributed by atoms with Gasteiger partial charge in [-0.05, 0) is 30.4 Å². The Morgan fingerprint density at radius 2 is 2.30 bits per heavy atom. The second kappa shape index (κ2) is 6.72. The standard InChI is InChI=1S/C15H22N4O2S2/c1-12-4-6-22-15(12)10-18-8-13(3-5-17-23(2,20)21)19-11-16-7-14(19)9-18/h4,6-7,11,13,17H,3,5,8-10H2,1-2H3/t13-/m0/s1. The molecule has 0 saturated carbocycles. The van der Waals surface area contributed by atoms with Gasteiger partial charge in [-0.1, -0.05) is 0 Å². The lowest BCUT2D eigenvalue weighted by Gasteiger charge is -2.34. The van der Waals surface area contributed by atoms with Crippen molar-refractivity contribution in [3.8, 4) is 0 Å². The summed E-state index contributed by atoms with van der Waals surface area (Å²) in [6, 6.07) is 2.40. The highest BCUT2D eigenvalue weighted by Gasteiger charge is 2.25. The third-order valence-corrected chi connectivity index (χ3v) is 5.91. The lowest BCUT2D eigenvalue weighted by molar-refractivity contribution is 0.173. The van der Waals surface area contributed by atoms with E-state index in [9.17, 15) is 8.42 Å². The molecule has 2 aromatic heterocycles. The molecule has 126 valence electrons. The summed E-state index contributed by atoms with van der Waals surface area (Å²) in [5.41, 5.74) is 2.53. The molecule has 0 amide bonds. The summed E-state index contributed by atoms with van der Waals surface area (Å²) in [5, 5.41) is 2.13. The number of thiophene rings is 1. The SMILES string of the molecule is Cc1ccsc1CN1Cc2cncn2[C@@H](CCNS(C)(=O)=O)C1. The number of imidazole rings is 1. The normalized spacial score (nSPS) is 19.0. The fraction of sp³-hybridized carbons (Fsp3) is 0.533. The van der Waals surface area contributed by atoms with E-state index >= 15 is 0 Å². The summed E-state index contributed by atoms with van der Waals surface area (Å²) < 4.78 is 27.3. The van der Waals surface area contributed by atoms with Crippen LogP contribution in [0.4, 0.5) is 0 Å². The zero-order valence-corrected chi connectivity index (χ0v) is 15.0. The van der Waals surface area contributed by atoms with Gasteiger partial charge < -0.3 is 4.57 Å². The molecule has 3 heterocycles. The summed E-state index contributed by atoms with van der Waals surface area (Å²) in [5.74, 6) is 0. The number of nitrogens with one attached hydrogen (secondary N) is 1. The Bertz CT molecular complexity index is 766. The van der Waals surface area contributed by atoms with Crippen molar-refractivity contribution in [3.63, 3.8) is 0 Å². The van der Waals surface area contributed by atoms with Gasteiger partial charge in [0, 0.05) is 43.3 Å². The number of hydrogen-bond acceptors (Lipinski definition) is 5. The molecule has 6 nitrogen and oxygen atoms in total. The van der Waals surface area contributed by atoms with Crippen LogP contribution in [0, 0.1) is 6.92 Å². The van der Waals surface area contributed by atoms with E-state index in [0.29, 0.717) is 6.54 Å². The van der Waals surface area contributed by atoms with Crippen LogP contribution in [0.5, 0.6) is 0 Å². The van der Waals surface area contributed by atoms with Crippen LogP contribution in [0.1, 0.15) is 28.6 Å². The summed E-state index contributed by atoms with van der Waals surface area (Å²) in [4.78, 5) is 8.07. The molecular formula is C15H22N4O2S2. The maximum atomic E-state index is 11.2. The fourth-order valence-electron chi connectivity index (χ4n) is 2.99. The predicted octanol–water partition coefficient (Wildman–Crippen LogP) is 1.75. The van der Waals surface area contributed by atoms with Gasteiger partial charge in [0.25, 0.3) is 0 Å². The maximum absolute atomic E-state index is 11.2. The summed E-state index contributed by atoms with van der Waals surface area (Å²) >= 11 is 1.79. The Kier molecular flexibility index (Phi) is 4.86. The van der Waals surface area contributed by atoms with Crippen LogP contribution >= 0.6 is 11.3 Å². The van der Waals surface area contributed by atoms with E-state index in [2.05, 4.69) is 37.5 Å². The topological polar surface area (TPSA) is 67.2 Å². The van der Waals surface area contributed by atoms with Gasteiger partial charge in [0.05, 0.1) is 18.3 Å². The Balaban J connectivity index is 1.68. The van der Waals surface area contributed by atoms with Gasteiger partial charge in [-0.3, -0.25) is 4.90 Å². The Hall–Kier alpha value is -1.22. The van der Waals surface area contributed by atoms with Crippen LogP contribution in [-0.2, 0) is 23.1 Å². The van der Waals surface area contributed by atoms with Crippen molar-refractivity contribution in [2.45, 2.75) is 32.5 Å². The molecule has 3 rings (SSSR count). The van der Waals surface area contributed by atoms with Crippen molar-refractivity contribution in [3.05, 3.63) is 40.1 Å². The van der Waals surface area contributed by atoms with Gasteiger partial charge in [-0.25, -0.2) is 18.1 Å². The second-order valence-electron chi connectivity index (χ2n) is 6.10. The molecule has 2 aromatic rings. The first kappa shape index (κ1) is 16.6. The molecular weight excluding hydrogens is 332 g/mol. The fourth-order valence-corrected chi connectivity index (χ4v) is 4.43. The first-order valence-corrected chi connectivity index (χ1v) is 10.4. The minimum absolute atomic E-state index is 0.246. The number of fused-ring (bicyclic) bond motifs is 1. The number of nitrogens with zero attached hydrogens (tertiary/aromatic N) is 3. The molecule has 0 aliphatic carbocycles. The van der Waals surface area contributed by atoms with Gasteiger partial charge in [0.15, 0.2) is 0 Å². The molecule has 1 N–H and O–H groups in total. The molecule has 0 unspecified atom stereocenters. The molecule has 1 aliphatic heterocycles. The lowest BCUT2D eigenvalue weighted by atomic mass is 10.1. The second-order valence-corrected chi connectivity index (χ2v) is 8.93. The summed E-state index contributed by atoms with van der Waals surface area (Å²) in [6.45, 7) is 5.32. The van der Waals surface area contributed by atoms with Gasteiger partial charge >= 0.3 is 0 Å². The highest BCUT2D eigenvalue weighted by molar-refractivity contribution is 7.88. The van der Waals surface area contributed by atoms with E-state index in [1.54, 1.807) is 11.3 Å². The zero-order valence-electron chi connectivity index (χ0n) is 13.4. The van der Waals surface area contributed by atoms with E-state index in [0.717, 1.165) is 26.1 Å². The average Bonchev–Trinajstić information content (AvgIpc) is 3.07. The highest BCUT2D eigenvalue weighted by atomic mass is 32.2. The predicted molar refractivity (Wildman–Crippen MR) is 91.9 cm³/mol. The summed E-state index contributed by atoms with van der Waals surface area (Å²) in [6.07, 6.45) is 5.72. The minimum atomic E-state index is -3.14. The molecule has 0 saturated heterocycles. The smallest absolute Gasteiger partial charge is 0.208 e. The average molecular weight is 355 g/mol. The quantitative estimate of drug-likeness (QED) is 0.858. The molecule has 1 aliphatic rings. The molecule has 23 heavy (non-hydrogen) atoms. The van der Waals surface area contributed by atoms with Crippen molar-refractivity contribution in [2.75, 3.05) is 19.3 Å².